The van der Waals surface area contributed by atoms with Gasteiger partial charge in [-0.05, 0) is 56.3 Å². The van der Waals surface area contributed by atoms with E-state index in [0.29, 0.717) is 0 Å². The molecule has 6 nitrogen and oxygen atoms in total. The molecule has 118 valence electrons. The van der Waals surface area contributed by atoms with Gasteiger partial charge in [0.2, 0.25) is 0 Å². The highest BCUT2D eigenvalue weighted by molar-refractivity contribution is 6.03. The van der Waals surface area contributed by atoms with Gasteiger partial charge in [-0.3, -0.25) is 9.48 Å². The topological polar surface area (TPSA) is 84.2 Å². The Labute approximate surface area is 128 Å². The number of carbonyl (C=O) groups excluding carboxylic acids is 1. The average molecular weight is 303 g/mol. The summed E-state index contributed by atoms with van der Waals surface area (Å²) in [6.07, 6.45) is 8.57. The van der Waals surface area contributed by atoms with Crippen molar-refractivity contribution >= 4 is 11.9 Å². The Kier molecular flexibility index (Phi) is 2.86. The van der Waals surface area contributed by atoms with Crippen molar-refractivity contribution in [3.63, 3.8) is 0 Å². The number of carboxylic acids is 1. The van der Waals surface area contributed by atoms with Gasteiger partial charge in [0, 0.05) is 18.8 Å². The van der Waals surface area contributed by atoms with E-state index in [2.05, 4.69) is 10.4 Å². The number of nitrogens with one attached hydrogen (secondary N) is 1. The van der Waals surface area contributed by atoms with Crippen LogP contribution in [0.5, 0.6) is 0 Å². The van der Waals surface area contributed by atoms with E-state index in [1.165, 1.54) is 30.1 Å². The van der Waals surface area contributed by atoms with Gasteiger partial charge in [-0.1, -0.05) is 0 Å². The molecule has 0 radical (unpaired) electrons. The zero-order valence-electron chi connectivity index (χ0n) is 12.7. The number of hydrogen-bond donors (Lipinski definition) is 2. The fraction of sp³-hybridized carbons (Fsp3) is 0.688. The molecule has 0 saturated heterocycles. The molecule has 4 aliphatic rings. The first-order valence-electron chi connectivity index (χ1n) is 8.03. The van der Waals surface area contributed by atoms with Crippen molar-refractivity contribution in [3.8, 4) is 0 Å². The van der Waals surface area contributed by atoms with Crippen molar-refractivity contribution in [2.24, 2.45) is 24.8 Å². The molecule has 1 aromatic heterocycles. The summed E-state index contributed by atoms with van der Waals surface area (Å²) in [6, 6.07) is 0. The van der Waals surface area contributed by atoms with Crippen LogP contribution in [0.2, 0.25) is 0 Å². The summed E-state index contributed by atoms with van der Waals surface area (Å²) in [5.74, 6) is 0.766. The van der Waals surface area contributed by atoms with E-state index in [1.807, 2.05) is 0 Å². The van der Waals surface area contributed by atoms with Gasteiger partial charge in [-0.15, -0.1) is 0 Å². The van der Waals surface area contributed by atoms with Crippen molar-refractivity contribution in [2.45, 2.75) is 44.1 Å². The third-order valence-electron chi connectivity index (χ3n) is 5.69. The summed E-state index contributed by atoms with van der Waals surface area (Å²) in [5.41, 5.74) is -0.104. The quantitative estimate of drug-likeness (QED) is 0.892. The molecular formula is C16H21N3O3. The van der Waals surface area contributed by atoms with Crippen LogP contribution >= 0.6 is 0 Å². The van der Waals surface area contributed by atoms with Gasteiger partial charge in [0.25, 0.3) is 5.91 Å². The lowest BCUT2D eigenvalue weighted by Gasteiger charge is -2.56. The van der Waals surface area contributed by atoms with Gasteiger partial charge < -0.3 is 10.4 Å². The van der Waals surface area contributed by atoms with Gasteiger partial charge in [0.1, 0.15) is 0 Å². The maximum absolute atomic E-state index is 12.6. The van der Waals surface area contributed by atoms with Crippen LogP contribution in [0.25, 0.3) is 0 Å². The fourth-order valence-corrected chi connectivity index (χ4v) is 5.38. The lowest BCUT2D eigenvalue weighted by atomic mass is 9.53. The largest absolute Gasteiger partial charge is 0.476 e. The minimum absolute atomic E-state index is 0.114. The van der Waals surface area contributed by atoms with Crippen molar-refractivity contribution in [1.29, 1.82) is 0 Å². The standard InChI is InChI=1S/C16H21N3O3/c1-19-8-12(13(18-19)15(21)22)14(20)17-16-5-9-2-10(6-16)4-11(3-9)7-16/h8-11H,2-7H2,1H3,(H,17,20)(H,21,22). The lowest BCUT2D eigenvalue weighted by molar-refractivity contribution is -0.0167. The van der Waals surface area contributed by atoms with E-state index in [4.69, 9.17) is 0 Å². The highest BCUT2D eigenvalue weighted by atomic mass is 16.4. The van der Waals surface area contributed by atoms with Crippen molar-refractivity contribution in [2.75, 3.05) is 0 Å². The maximum Gasteiger partial charge on any atom is 0.357 e. The number of amides is 1. The van der Waals surface area contributed by atoms with Gasteiger partial charge >= 0.3 is 5.97 Å². The molecule has 1 aromatic rings. The van der Waals surface area contributed by atoms with Crippen LogP contribution in [0.3, 0.4) is 0 Å². The van der Waals surface area contributed by atoms with Crippen LogP contribution < -0.4 is 5.32 Å². The highest BCUT2D eigenvalue weighted by Gasteiger charge is 2.51. The lowest BCUT2D eigenvalue weighted by Crippen LogP contribution is -2.59. The molecule has 6 heteroatoms. The fourth-order valence-electron chi connectivity index (χ4n) is 5.38. The van der Waals surface area contributed by atoms with Gasteiger partial charge in [0.05, 0.1) is 5.56 Å². The van der Waals surface area contributed by atoms with Gasteiger partial charge in [-0.25, -0.2) is 4.79 Å². The molecule has 0 aromatic carbocycles. The van der Waals surface area contributed by atoms with E-state index in [0.717, 1.165) is 37.0 Å². The first kappa shape index (κ1) is 13.8. The summed E-state index contributed by atoms with van der Waals surface area (Å²) < 4.78 is 1.39. The molecule has 5 rings (SSSR count). The van der Waals surface area contributed by atoms with E-state index >= 15 is 0 Å². The zero-order chi connectivity index (χ0) is 15.5. The molecular weight excluding hydrogens is 282 g/mol. The van der Waals surface area contributed by atoms with Crippen LogP contribution in [-0.4, -0.2) is 32.3 Å². The van der Waals surface area contributed by atoms with Crippen LogP contribution in [0.15, 0.2) is 6.20 Å². The van der Waals surface area contributed by atoms with E-state index in [1.54, 1.807) is 7.05 Å². The Balaban J connectivity index is 1.59. The molecule has 1 amide bonds. The molecule has 4 bridgehead atoms. The van der Waals surface area contributed by atoms with Crippen LogP contribution in [-0.2, 0) is 7.05 Å². The predicted molar refractivity (Wildman–Crippen MR) is 78.5 cm³/mol. The Bertz CT molecular complexity index is 614. The average Bonchev–Trinajstić information content (AvgIpc) is 2.79. The third kappa shape index (κ3) is 2.12. The van der Waals surface area contributed by atoms with Crippen molar-refractivity contribution < 1.29 is 14.7 Å². The molecule has 2 N–H and O–H groups in total. The molecule has 4 saturated carbocycles. The Morgan fingerprint density at radius 1 is 1.23 bits per heavy atom. The molecule has 22 heavy (non-hydrogen) atoms. The minimum Gasteiger partial charge on any atom is -0.476 e. The zero-order valence-corrected chi connectivity index (χ0v) is 12.7. The highest BCUT2D eigenvalue weighted by Crippen LogP contribution is 2.55. The summed E-state index contributed by atoms with van der Waals surface area (Å²) >= 11 is 0. The van der Waals surface area contributed by atoms with E-state index in [-0.39, 0.29) is 22.7 Å². The first-order valence-corrected chi connectivity index (χ1v) is 8.03. The van der Waals surface area contributed by atoms with Crippen molar-refractivity contribution in [1.82, 2.24) is 15.1 Å². The third-order valence-corrected chi connectivity index (χ3v) is 5.69. The van der Waals surface area contributed by atoms with Crippen LogP contribution in [0.4, 0.5) is 0 Å². The predicted octanol–water partition coefficient (Wildman–Crippen LogP) is 1.82. The van der Waals surface area contributed by atoms with E-state index in [9.17, 15) is 14.7 Å². The van der Waals surface area contributed by atoms with Crippen molar-refractivity contribution in [3.05, 3.63) is 17.5 Å². The summed E-state index contributed by atoms with van der Waals surface area (Å²) in [5, 5.41) is 16.3. The second-order valence-electron chi connectivity index (χ2n) is 7.52. The molecule has 0 aliphatic heterocycles. The molecule has 0 spiro atoms. The number of aromatic nitrogens is 2. The van der Waals surface area contributed by atoms with Crippen LogP contribution in [0, 0.1) is 17.8 Å². The Morgan fingerprint density at radius 2 is 1.77 bits per heavy atom. The number of nitrogens with zero attached hydrogens (tertiary/aromatic N) is 2. The number of aryl methyl sites for hydroxylation is 1. The molecule has 1 heterocycles. The molecule has 0 atom stereocenters. The minimum atomic E-state index is -1.16. The van der Waals surface area contributed by atoms with E-state index < -0.39 is 5.97 Å². The number of hydrogen-bond acceptors (Lipinski definition) is 3. The maximum atomic E-state index is 12.6. The Morgan fingerprint density at radius 3 is 2.27 bits per heavy atom. The second-order valence-corrected chi connectivity index (χ2v) is 7.52. The van der Waals surface area contributed by atoms with Gasteiger partial charge in [-0.2, -0.15) is 5.10 Å². The number of carbonyl (C=O) groups is 2. The monoisotopic (exact) mass is 303 g/mol. The smallest absolute Gasteiger partial charge is 0.357 e. The Hall–Kier alpha value is -1.85. The normalized spacial score (nSPS) is 35.6. The number of carboxylic acid groups (broad SMARTS) is 1. The molecule has 4 fully saturated rings. The second kappa shape index (κ2) is 4.57. The molecule has 4 aliphatic carbocycles. The first-order chi connectivity index (χ1) is 10.4. The summed E-state index contributed by atoms with van der Waals surface area (Å²) in [4.78, 5) is 23.9. The summed E-state index contributed by atoms with van der Waals surface area (Å²) in [7, 11) is 1.63. The van der Waals surface area contributed by atoms with Gasteiger partial charge in [0.15, 0.2) is 5.69 Å². The summed E-state index contributed by atoms with van der Waals surface area (Å²) in [6.45, 7) is 0. The number of rotatable bonds is 3. The number of aromatic carboxylic acids is 1. The SMILES string of the molecule is Cn1cc(C(=O)NC23CC4CC(CC(C4)C2)C3)c(C(=O)O)n1. The molecule has 0 unspecified atom stereocenters. The van der Waals surface area contributed by atoms with Crippen LogP contribution in [0.1, 0.15) is 59.4 Å².